The number of carbonyl (C=O) groups is 2. The van der Waals surface area contributed by atoms with E-state index in [2.05, 4.69) is 0 Å². The summed E-state index contributed by atoms with van der Waals surface area (Å²) in [5.41, 5.74) is 0. The zero-order valence-electron chi connectivity index (χ0n) is 7.70. The summed E-state index contributed by atoms with van der Waals surface area (Å²) in [7, 11) is 1.64. The van der Waals surface area contributed by atoms with E-state index in [4.69, 9.17) is 0 Å². The summed E-state index contributed by atoms with van der Waals surface area (Å²) >= 11 is 0. The van der Waals surface area contributed by atoms with Crippen LogP contribution in [0.15, 0.2) is 0 Å². The summed E-state index contributed by atoms with van der Waals surface area (Å²) in [5, 5.41) is 0. The molecule has 0 aliphatic carbocycles. The van der Waals surface area contributed by atoms with Gasteiger partial charge in [-0.25, -0.2) is 4.79 Å². The van der Waals surface area contributed by atoms with Crippen molar-refractivity contribution in [3.63, 3.8) is 0 Å². The topological polar surface area (TPSA) is 40.6 Å². The molecule has 1 unspecified atom stereocenters. The standard InChI is InChI=1S/C8H14N2O2/c1-4-6(2)10-7(11)5-9(3)8(10)12/h6H,4-5H2,1-3H3. The molecule has 0 bridgehead atoms. The Bertz CT molecular complexity index is 215. The average Bonchev–Trinajstić information content (AvgIpc) is 2.26. The highest BCUT2D eigenvalue weighted by molar-refractivity contribution is 6.02. The van der Waals surface area contributed by atoms with Gasteiger partial charge in [0, 0.05) is 13.1 Å². The molecule has 12 heavy (non-hydrogen) atoms. The van der Waals surface area contributed by atoms with Crippen molar-refractivity contribution >= 4 is 11.9 Å². The van der Waals surface area contributed by atoms with E-state index in [9.17, 15) is 9.59 Å². The maximum atomic E-state index is 11.3. The highest BCUT2D eigenvalue weighted by Crippen LogP contribution is 2.13. The highest BCUT2D eigenvalue weighted by Gasteiger charge is 2.35. The molecule has 0 radical (unpaired) electrons. The van der Waals surface area contributed by atoms with Crippen LogP contribution in [-0.2, 0) is 4.79 Å². The predicted molar refractivity (Wildman–Crippen MR) is 44.6 cm³/mol. The first-order chi connectivity index (χ1) is 5.57. The Balaban J connectivity index is 2.76. The van der Waals surface area contributed by atoms with Gasteiger partial charge in [-0.05, 0) is 13.3 Å². The van der Waals surface area contributed by atoms with Crippen molar-refractivity contribution in [2.24, 2.45) is 0 Å². The van der Waals surface area contributed by atoms with Gasteiger partial charge in [0.05, 0.1) is 0 Å². The molecule has 4 heteroatoms. The molecule has 0 aromatic rings. The second kappa shape index (κ2) is 3.13. The van der Waals surface area contributed by atoms with Gasteiger partial charge >= 0.3 is 6.03 Å². The first-order valence-electron chi connectivity index (χ1n) is 4.15. The molecule has 1 aliphatic rings. The van der Waals surface area contributed by atoms with Gasteiger partial charge in [-0.2, -0.15) is 0 Å². The van der Waals surface area contributed by atoms with Gasteiger partial charge in [0.1, 0.15) is 6.54 Å². The summed E-state index contributed by atoms with van der Waals surface area (Å²) in [4.78, 5) is 25.4. The van der Waals surface area contributed by atoms with Crippen molar-refractivity contribution in [3.8, 4) is 0 Å². The normalized spacial score (nSPS) is 20.6. The molecule has 1 rings (SSSR count). The van der Waals surface area contributed by atoms with E-state index < -0.39 is 0 Å². The largest absolute Gasteiger partial charge is 0.327 e. The summed E-state index contributed by atoms with van der Waals surface area (Å²) in [6.45, 7) is 4.07. The van der Waals surface area contributed by atoms with Crippen LogP contribution in [0.2, 0.25) is 0 Å². The molecule has 1 saturated heterocycles. The second-order valence-corrected chi connectivity index (χ2v) is 3.16. The number of rotatable bonds is 2. The lowest BCUT2D eigenvalue weighted by Gasteiger charge is -2.20. The molecule has 1 atom stereocenters. The summed E-state index contributed by atoms with van der Waals surface area (Å²) < 4.78 is 0. The molecule has 0 saturated carbocycles. The Hall–Kier alpha value is -1.06. The number of nitrogens with zero attached hydrogens (tertiary/aromatic N) is 2. The lowest BCUT2D eigenvalue weighted by Crippen LogP contribution is -2.38. The van der Waals surface area contributed by atoms with Crippen LogP contribution in [0, 0.1) is 0 Å². The Kier molecular flexibility index (Phi) is 2.35. The molecular weight excluding hydrogens is 156 g/mol. The molecule has 4 nitrogen and oxygen atoms in total. The van der Waals surface area contributed by atoms with Crippen molar-refractivity contribution in [1.29, 1.82) is 0 Å². The Morgan fingerprint density at radius 3 is 2.42 bits per heavy atom. The van der Waals surface area contributed by atoms with E-state index in [1.54, 1.807) is 7.05 Å². The fourth-order valence-corrected chi connectivity index (χ4v) is 1.25. The van der Waals surface area contributed by atoms with Crippen LogP contribution in [0.5, 0.6) is 0 Å². The quantitative estimate of drug-likeness (QED) is 0.572. The molecule has 1 heterocycles. The monoisotopic (exact) mass is 170 g/mol. The first kappa shape index (κ1) is 9.03. The molecule has 0 spiro atoms. The van der Waals surface area contributed by atoms with Crippen LogP contribution < -0.4 is 0 Å². The smallest absolute Gasteiger partial charge is 0.318 e. The van der Waals surface area contributed by atoms with Crippen molar-refractivity contribution in [2.45, 2.75) is 26.3 Å². The second-order valence-electron chi connectivity index (χ2n) is 3.16. The number of carbonyl (C=O) groups excluding carboxylic acids is 2. The van der Waals surface area contributed by atoms with E-state index in [1.807, 2.05) is 13.8 Å². The van der Waals surface area contributed by atoms with Crippen LogP contribution in [0.3, 0.4) is 0 Å². The van der Waals surface area contributed by atoms with E-state index in [0.29, 0.717) is 0 Å². The van der Waals surface area contributed by atoms with Crippen LogP contribution in [0.4, 0.5) is 4.79 Å². The van der Waals surface area contributed by atoms with Gasteiger partial charge in [-0.3, -0.25) is 9.69 Å². The molecule has 3 amide bonds. The van der Waals surface area contributed by atoms with Crippen LogP contribution in [0.25, 0.3) is 0 Å². The lowest BCUT2D eigenvalue weighted by molar-refractivity contribution is -0.126. The summed E-state index contributed by atoms with van der Waals surface area (Å²) in [6, 6.07) is -0.149. The van der Waals surface area contributed by atoms with Gasteiger partial charge in [0.2, 0.25) is 0 Å². The van der Waals surface area contributed by atoms with E-state index in [0.717, 1.165) is 6.42 Å². The van der Waals surface area contributed by atoms with Crippen molar-refractivity contribution in [2.75, 3.05) is 13.6 Å². The van der Waals surface area contributed by atoms with Gasteiger partial charge in [0.25, 0.3) is 5.91 Å². The first-order valence-corrected chi connectivity index (χ1v) is 4.15. The average molecular weight is 170 g/mol. The van der Waals surface area contributed by atoms with Gasteiger partial charge < -0.3 is 4.90 Å². The summed E-state index contributed by atoms with van der Waals surface area (Å²) in [6.07, 6.45) is 0.811. The Labute approximate surface area is 72.1 Å². The number of hydrogen-bond donors (Lipinski definition) is 0. The van der Waals surface area contributed by atoms with E-state index >= 15 is 0 Å². The number of likely N-dealkylation sites (N-methyl/N-ethyl adjacent to an activating group) is 1. The molecule has 0 N–H and O–H groups in total. The molecule has 68 valence electrons. The number of amides is 3. The number of urea groups is 1. The third-order valence-electron chi connectivity index (χ3n) is 2.21. The molecule has 0 aromatic heterocycles. The fraction of sp³-hybridized carbons (Fsp3) is 0.750. The lowest BCUT2D eigenvalue weighted by atomic mass is 10.2. The molecule has 1 fully saturated rings. The minimum absolute atomic E-state index is 0.0231. The highest BCUT2D eigenvalue weighted by atomic mass is 16.2. The van der Waals surface area contributed by atoms with Crippen LogP contribution >= 0.6 is 0 Å². The Morgan fingerprint density at radius 1 is 1.50 bits per heavy atom. The predicted octanol–water partition coefficient (Wildman–Crippen LogP) is 0.679. The van der Waals surface area contributed by atoms with Crippen molar-refractivity contribution in [3.05, 3.63) is 0 Å². The Morgan fingerprint density at radius 2 is 2.08 bits per heavy atom. The molecule has 0 aromatic carbocycles. The molecule has 1 aliphatic heterocycles. The van der Waals surface area contributed by atoms with Gasteiger partial charge in [-0.15, -0.1) is 0 Å². The zero-order chi connectivity index (χ0) is 9.30. The van der Waals surface area contributed by atoms with E-state index in [1.165, 1.54) is 9.80 Å². The number of imide groups is 1. The van der Waals surface area contributed by atoms with Gasteiger partial charge in [0.15, 0.2) is 0 Å². The maximum absolute atomic E-state index is 11.3. The minimum Gasteiger partial charge on any atom is -0.318 e. The van der Waals surface area contributed by atoms with Gasteiger partial charge in [-0.1, -0.05) is 6.92 Å². The van der Waals surface area contributed by atoms with Crippen LogP contribution in [0.1, 0.15) is 20.3 Å². The SMILES string of the molecule is CCC(C)N1C(=O)CN(C)C1=O. The van der Waals surface area contributed by atoms with Crippen LogP contribution in [-0.4, -0.2) is 41.4 Å². The minimum atomic E-state index is -0.172. The summed E-state index contributed by atoms with van der Waals surface area (Å²) in [5.74, 6) is -0.0862. The number of hydrogen-bond acceptors (Lipinski definition) is 2. The van der Waals surface area contributed by atoms with E-state index in [-0.39, 0.29) is 24.5 Å². The zero-order valence-corrected chi connectivity index (χ0v) is 7.70. The van der Waals surface area contributed by atoms with Crippen molar-refractivity contribution < 1.29 is 9.59 Å². The third-order valence-corrected chi connectivity index (χ3v) is 2.21. The molecular formula is C8H14N2O2. The van der Waals surface area contributed by atoms with Crippen molar-refractivity contribution in [1.82, 2.24) is 9.80 Å². The maximum Gasteiger partial charge on any atom is 0.327 e. The fourth-order valence-electron chi connectivity index (χ4n) is 1.25. The third kappa shape index (κ3) is 1.29.